The Hall–Kier alpha value is -1.26. The third-order valence-corrected chi connectivity index (χ3v) is 4.51. The minimum atomic E-state index is 0.346. The second-order valence-electron chi connectivity index (χ2n) is 5.65. The van der Waals surface area contributed by atoms with Gasteiger partial charge in [0.15, 0.2) is 5.96 Å². The van der Waals surface area contributed by atoms with Crippen LogP contribution in [0.2, 0.25) is 5.02 Å². The minimum absolute atomic E-state index is 0.346. The van der Waals surface area contributed by atoms with E-state index in [4.69, 9.17) is 16.3 Å². The third kappa shape index (κ3) is 3.50. The molecule has 2 fully saturated rings. The van der Waals surface area contributed by atoms with Gasteiger partial charge in [-0.25, -0.2) is 4.99 Å². The molecule has 0 amide bonds. The van der Waals surface area contributed by atoms with E-state index in [0.717, 1.165) is 35.9 Å². The number of aliphatic imine (C=N–C) groups is 1. The second-order valence-corrected chi connectivity index (χ2v) is 6.05. The second kappa shape index (κ2) is 6.67. The number of nitrogens with zero attached hydrogens (tertiary/aromatic N) is 1. The van der Waals surface area contributed by atoms with Crippen molar-refractivity contribution < 1.29 is 4.74 Å². The molecule has 114 valence electrons. The van der Waals surface area contributed by atoms with E-state index in [1.807, 2.05) is 24.3 Å². The summed E-state index contributed by atoms with van der Waals surface area (Å²) in [5, 5.41) is 7.57. The summed E-state index contributed by atoms with van der Waals surface area (Å²) >= 11 is 6.18. The monoisotopic (exact) mass is 307 g/mol. The third-order valence-electron chi connectivity index (χ3n) is 4.14. The van der Waals surface area contributed by atoms with Gasteiger partial charge in [-0.3, -0.25) is 0 Å². The molecule has 0 spiro atoms. The van der Waals surface area contributed by atoms with Crippen LogP contribution in [-0.2, 0) is 11.3 Å². The molecule has 2 saturated heterocycles. The molecule has 3 atom stereocenters. The molecule has 0 radical (unpaired) electrons. The van der Waals surface area contributed by atoms with Gasteiger partial charge in [-0.2, -0.15) is 0 Å². The van der Waals surface area contributed by atoms with Crippen molar-refractivity contribution in [1.82, 2.24) is 10.6 Å². The summed E-state index contributed by atoms with van der Waals surface area (Å²) in [4.78, 5) is 4.65. The number of hydrogen-bond acceptors (Lipinski definition) is 2. The molecule has 0 aliphatic carbocycles. The fourth-order valence-electron chi connectivity index (χ4n) is 3.08. The lowest BCUT2D eigenvalue weighted by Gasteiger charge is -2.22. The van der Waals surface area contributed by atoms with Gasteiger partial charge in [0.05, 0.1) is 24.8 Å². The highest BCUT2D eigenvalue weighted by Crippen LogP contribution is 2.34. The zero-order valence-corrected chi connectivity index (χ0v) is 13.1. The Labute approximate surface area is 130 Å². The molecule has 3 rings (SSSR count). The van der Waals surface area contributed by atoms with Crippen LogP contribution in [0, 0.1) is 0 Å². The van der Waals surface area contributed by atoms with Crippen molar-refractivity contribution in [2.24, 2.45) is 4.99 Å². The van der Waals surface area contributed by atoms with E-state index in [9.17, 15) is 0 Å². The zero-order valence-electron chi connectivity index (χ0n) is 12.3. The Morgan fingerprint density at radius 2 is 2.24 bits per heavy atom. The quantitative estimate of drug-likeness (QED) is 0.664. The van der Waals surface area contributed by atoms with Gasteiger partial charge in [-0.15, -0.1) is 0 Å². The first-order chi connectivity index (χ1) is 10.3. The van der Waals surface area contributed by atoms with Crippen molar-refractivity contribution in [2.45, 2.75) is 51.0 Å². The maximum atomic E-state index is 6.18. The van der Waals surface area contributed by atoms with Crippen LogP contribution in [-0.4, -0.2) is 30.8 Å². The van der Waals surface area contributed by atoms with Gasteiger partial charge in [-0.1, -0.05) is 29.8 Å². The van der Waals surface area contributed by atoms with Crippen molar-refractivity contribution in [3.05, 3.63) is 34.9 Å². The number of nitrogens with one attached hydrogen (secondary N) is 2. The molecule has 3 unspecified atom stereocenters. The number of fused-ring (bicyclic) bond motifs is 2. The van der Waals surface area contributed by atoms with E-state index in [1.165, 1.54) is 6.42 Å². The number of hydrogen-bond donors (Lipinski definition) is 2. The van der Waals surface area contributed by atoms with Gasteiger partial charge >= 0.3 is 0 Å². The van der Waals surface area contributed by atoms with Gasteiger partial charge in [-0.05, 0) is 37.8 Å². The molecule has 5 heteroatoms. The molecule has 2 bridgehead atoms. The van der Waals surface area contributed by atoms with Gasteiger partial charge in [0.1, 0.15) is 0 Å². The first kappa shape index (κ1) is 14.7. The molecule has 2 N–H and O–H groups in total. The van der Waals surface area contributed by atoms with Gasteiger partial charge < -0.3 is 15.4 Å². The van der Waals surface area contributed by atoms with Crippen LogP contribution >= 0.6 is 11.6 Å². The Bertz CT molecular complexity index is 520. The molecule has 1 aromatic carbocycles. The van der Waals surface area contributed by atoms with E-state index in [1.54, 1.807) is 0 Å². The number of rotatable bonds is 4. The van der Waals surface area contributed by atoms with Crippen molar-refractivity contribution in [1.29, 1.82) is 0 Å². The summed E-state index contributed by atoms with van der Waals surface area (Å²) in [6.07, 6.45) is 4.24. The maximum absolute atomic E-state index is 6.18. The molecule has 2 aliphatic heterocycles. The van der Waals surface area contributed by atoms with E-state index in [0.29, 0.717) is 24.8 Å². The number of guanidine groups is 1. The molecule has 1 aromatic rings. The predicted molar refractivity (Wildman–Crippen MR) is 85.7 cm³/mol. The fraction of sp³-hybridized carbons (Fsp3) is 0.562. The van der Waals surface area contributed by atoms with E-state index >= 15 is 0 Å². The van der Waals surface area contributed by atoms with Crippen LogP contribution in [0.5, 0.6) is 0 Å². The summed E-state index contributed by atoms with van der Waals surface area (Å²) in [5.74, 6) is 0.846. The Morgan fingerprint density at radius 1 is 1.38 bits per heavy atom. The number of ether oxygens (including phenoxy) is 1. The first-order valence-electron chi connectivity index (χ1n) is 7.70. The average Bonchev–Trinajstić information content (AvgIpc) is 3.09. The SMILES string of the molecule is CCNC(=NCc1ccccc1Cl)NC1CC2CCC1O2. The highest BCUT2D eigenvalue weighted by Gasteiger charge is 2.41. The lowest BCUT2D eigenvalue weighted by molar-refractivity contribution is 0.0992. The standard InChI is InChI=1S/C16H22ClN3O/c1-2-18-16(19-10-11-5-3-4-6-13(11)17)20-14-9-12-7-8-15(14)21-12/h3-6,12,14-15H,2,7-10H2,1H3,(H2,18,19,20). The first-order valence-corrected chi connectivity index (χ1v) is 8.07. The fourth-order valence-corrected chi connectivity index (χ4v) is 3.27. The van der Waals surface area contributed by atoms with E-state index in [2.05, 4.69) is 22.5 Å². The van der Waals surface area contributed by atoms with Crippen molar-refractivity contribution in [2.75, 3.05) is 6.54 Å². The van der Waals surface area contributed by atoms with E-state index < -0.39 is 0 Å². The van der Waals surface area contributed by atoms with Gasteiger partial charge in [0.25, 0.3) is 0 Å². The van der Waals surface area contributed by atoms with Crippen molar-refractivity contribution in [3.63, 3.8) is 0 Å². The molecule has 0 aromatic heterocycles. The lowest BCUT2D eigenvalue weighted by atomic mass is 9.96. The van der Waals surface area contributed by atoms with Crippen LogP contribution in [0.1, 0.15) is 31.7 Å². The van der Waals surface area contributed by atoms with Crippen LogP contribution in [0.3, 0.4) is 0 Å². The zero-order chi connectivity index (χ0) is 14.7. The summed E-state index contributed by atoms with van der Waals surface area (Å²) in [6.45, 7) is 3.50. The van der Waals surface area contributed by atoms with Crippen LogP contribution in [0.25, 0.3) is 0 Å². The van der Waals surface area contributed by atoms with Crippen LogP contribution in [0.4, 0.5) is 0 Å². The molecular weight excluding hydrogens is 286 g/mol. The predicted octanol–water partition coefficient (Wildman–Crippen LogP) is 2.72. The Kier molecular flexibility index (Phi) is 4.66. The largest absolute Gasteiger partial charge is 0.373 e. The number of halogens is 1. The Morgan fingerprint density at radius 3 is 2.90 bits per heavy atom. The smallest absolute Gasteiger partial charge is 0.191 e. The lowest BCUT2D eigenvalue weighted by Crippen LogP contribution is -2.47. The van der Waals surface area contributed by atoms with Crippen LogP contribution in [0.15, 0.2) is 29.3 Å². The van der Waals surface area contributed by atoms with E-state index in [-0.39, 0.29) is 0 Å². The molecule has 0 saturated carbocycles. The molecule has 21 heavy (non-hydrogen) atoms. The summed E-state index contributed by atoms with van der Waals surface area (Å²) in [6, 6.07) is 8.21. The highest BCUT2D eigenvalue weighted by molar-refractivity contribution is 6.31. The Balaban J connectivity index is 1.63. The summed E-state index contributed by atoms with van der Waals surface area (Å²) in [5.41, 5.74) is 1.04. The summed E-state index contributed by atoms with van der Waals surface area (Å²) in [7, 11) is 0. The molecular formula is C16H22ClN3O. The minimum Gasteiger partial charge on any atom is -0.373 e. The maximum Gasteiger partial charge on any atom is 0.191 e. The summed E-state index contributed by atoms with van der Waals surface area (Å²) < 4.78 is 5.88. The van der Waals surface area contributed by atoms with Crippen LogP contribution < -0.4 is 10.6 Å². The van der Waals surface area contributed by atoms with Gasteiger partial charge in [0, 0.05) is 11.6 Å². The topological polar surface area (TPSA) is 45.7 Å². The van der Waals surface area contributed by atoms with Crippen molar-refractivity contribution >= 4 is 17.6 Å². The molecule has 2 heterocycles. The highest BCUT2D eigenvalue weighted by atomic mass is 35.5. The van der Waals surface area contributed by atoms with Gasteiger partial charge in [0.2, 0.25) is 0 Å². The molecule has 2 aliphatic rings. The molecule has 4 nitrogen and oxygen atoms in total. The number of benzene rings is 1. The van der Waals surface area contributed by atoms with Crippen molar-refractivity contribution in [3.8, 4) is 0 Å². The average molecular weight is 308 g/mol. The normalized spacial score (nSPS) is 27.9.